The number of hydrogen-bond acceptors (Lipinski definition) is 5. The maximum absolute atomic E-state index is 12.9. The van der Waals surface area contributed by atoms with Crippen molar-refractivity contribution in [2.45, 2.75) is 24.7 Å². The van der Waals surface area contributed by atoms with E-state index in [-0.39, 0.29) is 26.7 Å². The van der Waals surface area contributed by atoms with Crippen molar-refractivity contribution in [3.8, 4) is 0 Å². The van der Waals surface area contributed by atoms with Crippen LogP contribution >= 0.6 is 11.6 Å². The van der Waals surface area contributed by atoms with Gasteiger partial charge in [-0.25, -0.2) is 13.2 Å². The van der Waals surface area contributed by atoms with E-state index in [0.717, 1.165) is 12.8 Å². The number of carbonyl (C=O) groups is 2. The first-order chi connectivity index (χ1) is 13.8. The Kier molecular flexibility index (Phi) is 6.26. The predicted molar refractivity (Wildman–Crippen MR) is 110 cm³/mol. The maximum Gasteiger partial charge on any atom is 0.340 e. The van der Waals surface area contributed by atoms with Crippen molar-refractivity contribution in [3.63, 3.8) is 0 Å². The van der Waals surface area contributed by atoms with Crippen molar-refractivity contribution in [2.75, 3.05) is 25.5 Å². The minimum Gasteiger partial charge on any atom is -0.465 e. The fourth-order valence-electron chi connectivity index (χ4n) is 3.25. The highest BCUT2D eigenvalue weighted by Gasteiger charge is 2.30. The van der Waals surface area contributed by atoms with Gasteiger partial charge in [0.1, 0.15) is 4.90 Å². The van der Waals surface area contributed by atoms with Crippen LogP contribution in [0.5, 0.6) is 0 Å². The summed E-state index contributed by atoms with van der Waals surface area (Å²) in [6.07, 6.45) is 1.58. The van der Waals surface area contributed by atoms with Gasteiger partial charge in [0.25, 0.3) is 5.91 Å². The molecule has 0 saturated carbocycles. The Morgan fingerprint density at radius 1 is 1.14 bits per heavy atom. The lowest BCUT2D eigenvalue weighted by Gasteiger charge is -2.17. The van der Waals surface area contributed by atoms with E-state index in [1.54, 1.807) is 25.1 Å². The molecule has 0 unspecified atom stereocenters. The summed E-state index contributed by atoms with van der Waals surface area (Å²) in [4.78, 5) is 24.8. The molecule has 3 rings (SSSR count). The lowest BCUT2D eigenvalue weighted by molar-refractivity contribution is 0.0601. The quantitative estimate of drug-likeness (QED) is 0.724. The number of anilines is 1. The van der Waals surface area contributed by atoms with Gasteiger partial charge in [-0.15, -0.1) is 0 Å². The summed E-state index contributed by atoms with van der Waals surface area (Å²) < 4.78 is 31.9. The minimum atomic E-state index is -3.78. The molecule has 2 aromatic carbocycles. The number of rotatable bonds is 5. The summed E-state index contributed by atoms with van der Waals surface area (Å²) in [6, 6.07) is 9.09. The van der Waals surface area contributed by atoms with Crippen LogP contribution in [0.1, 0.15) is 39.1 Å². The van der Waals surface area contributed by atoms with Crippen molar-refractivity contribution in [1.82, 2.24) is 4.31 Å². The molecule has 1 saturated heterocycles. The topological polar surface area (TPSA) is 92.8 Å². The summed E-state index contributed by atoms with van der Waals surface area (Å²) >= 11 is 6.13. The van der Waals surface area contributed by atoms with Crippen LogP contribution in [0, 0.1) is 6.92 Å². The van der Waals surface area contributed by atoms with Crippen LogP contribution in [-0.2, 0) is 14.8 Å². The summed E-state index contributed by atoms with van der Waals surface area (Å²) in [7, 11) is -2.52. The number of benzene rings is 2. The molecule has 154 valence electrons. The number of ether oxygens (including phenoxy) is 1. The first-order valence-corrected chi connectivity index (χ1v) is 10.9. The molecule has 1 aliphatic heterocycles. The van der Waals surface area contributed by atoms with Gasteiger partial charge in [0.15, 0.2) is 0 Å². The van der Waals surface area contributed by atoms with Gasteiger partial charge < -0.3 is 10.1 Å². The van der Waals surface area contributed by atoms with Crippen LogP contribution in [0.4, 0.5) is 5.69 Å². The van der Waals surface area contributed by atoms with Crippen LogP contribution in [0.3, 0.4) is 0 Å². The fourth-order valence-corrected chi connectivity index (χ4v) is 5.27. The number of nitrogens with one attached hydrogen (secondary N) is 1. The van der Waals surface area contributed by atoms with Crippen LogP contribution < -0.4 is 5.32 Å². The SMILES string of the molecule is COC(=O)c1c(C)cccc1NC(=O)c1ccc(Cl)c(S(=O)(=O)N2CCCC2)c1. The van der Waals surface area contributed by atoms with Gasteiger partial charge in [-0.2, -0.15) is 4.31 Å². The highest BCUT2D eigenvalue weighted by Crippen LogP contribution is 2.29. The fraction of sp³-hybridized carbons (Fsp3) is 0.300. The molecular formula is C20H21ClN2O5S. The van der Waals surface area contributed by atoms with Crippen molar-refractivity contribution in [3.05, 3.63) is 58.1 Å². The Hall–Kier alpha value is -2.42. The number of amides is 1. The van der Waals surface area contributed by atoms with Crippen molar-refractivity contribution in [2.24, 2.45) is 0 Å². The number of carbonyl (C=O) groups excluding carboxylic acids is 2. The highest BCUT2D eigenvalue weighted by atomic mass is 35.5. The Bertz CT molecular complexity index is 1060. The van der Waals surface area contributed by atoms with Crippen molar-refractivity contribution in [1.29, 1.82) is 0 Å². The molecule has 0 aliphatic carbocycles. The number of methoxy groups -OCH3 is 1. The van der Waals surface area contributed by atoms with E-state index in [9.17, 15) is 18.0 Å². The van der Waals surface area contributed by atoms with Gasteiger partial charge in [0.2, 0.25) is 10.0 Å². The standard InChI is InChI=1S/C20H21ClN2O5S/c1-13-6-5-7-16(18(13)20(25)28-2)22-19(24)14-8-9-15(21)17(12-14)29(26,27)23-10-3-4-11-23/h5-9,12H,3-4,10-11H2,1-2H3,(H,22,24). The molecule has 1 N–H and O–H groups in total. The first-order valence-electron chi connectivity index (χ1n) is 9.04. The van der Waals surface area contributed by atoms with Gasteiger partial charge in [0, 0.05) is 18.7 Å². The number of aryl methyl sites for hydroxylation is 1. The first kappa shape index (κ1) is 21.3. The lowest BCUT2D eigenvalue weighted by Crippen LogP contribution is -2.28. The third-order valence-corrected chi connectivity index (χ3v) is 7.17. The molecule has 0 bridgehead atoms. The minimum absolute atomic E-state index is 0.0549. The van der Waals surface area contributed by atoms with E-state index < -0.39 is 21.9 Å². The monoisotopic (exact) mass is 436 g/mol. The van der Waals surface area contributed by atoms with E-state index in [2.05, 4.69) is 5.32 Å². The Morgan fingerprint density at radius 3 is 2.48 bits per heavy atom. The van der Waals surface area contributed by atoms with Crippen LogP contribution in [0.15, 0.2) is 41.3 Å². The molecule has 2 aromatic rings. The summed E-state index contributed by atoms with van der Waals surface area (Å²) in [5.41, 5.74) is 1.27. The summed E-state index contributed by atoms with van der Waals surface area (Å²) in [6.45, 7) is 2.59. The van der Waals surface area contributed by atoms with E-state index >= 15 is 0 Å². The Balaban J connectivity index is 1.94. The normalized spacial score (nSPS) is 14.6. The van der Waals surface area contributed by atoms with Crippen LogP contribution in [0.2, 0.25) is 5.02 Å². The molecule has 0 atom stereocenters. The zero-order chi connectivity index (χ0) is 21.2. The van der Waals surface area contributed by atoms with Crippen LogP contribution in [0.25, 0.3) is 0 Å². The molecule has 0 radical (unpaired) electrons. The third kappa shape index (κ3) is 4.29. The largest absolute Gasteiger partial charge is 0.465 e. The molecule has 7 nitrogen and oxygen atoms in total. The van der Waals surface area contributed by atoms with E-state index in [0.29, 0.717) is 18.7 Å². The van der Waals surface area contributed by atoms with Crippen LogP contribution in [-0.4, -0.2) is 44.8 Å². The van der Waals surface area contributed by atoms with Gasteiger partial charge >= 0.3 is 5.97 Å². The smallest absolute Gasteiger partial charge is 0.340 e. The van der Waals surface area contributed by atoms with E-state index in [4.69, 9.17) is 16.3 Å². The second-order valence-electron chi connectivity index (χ2n) is 6.70. The molecule has 1 fully saturated rings. The number of halogens is 1. The lowest BCUT2D eigenvalue weighted by atomic mass is 10.1. The predicted octanol–water partition coefficient (Wildman–Crippen LogP) is 3.47. The van der Waals surface area contributed by atoms with Crippen molar-refractivity contribution >= 4 is 39.2 Å². The number of esters is 1. The Labute approximate surface area is 174 Å². The number of nitrogens with zero attached hydrogens (tertiary/aromatic N) is 1. The van der Waals surface area contributed by atoms with Gasteiger partial charge in [-0.05, 0) is 49.6 Å². The number of hydrogen-bond donors (Lipinski definition) is 1. The molecule has 1 heterocycles. The second-order valence-corrected chi connectivity index (χ2v) is 9.01. The molecule has 1 aliphatic rings. The number of sulfonamides is 1. The highest BCUT2D eigenvalue weighted by molar-refractivity contribution is 7.89. The van der Waals surface area contributed by atoms with Crippen molar-refractivity contribution < 1.29 is 22.7 Å². The summed E-state index contributed by atoms with van der Waals surface area (Å²) in [5.74, 6) is -1.14. The molecule has 0 aromatic heterocycles. The molecule has 0 spiro atoms. The molecule has 9 heteroatoms. The zero-order valence-corrected chi connectivity index (χ0v) is 17.6. The average Bonchev–Trinajstić information content (AvgIpc) is 3.23. The zero-order valence-electron chi connectivity index (χ0n) is 16.1. The third-order valence-electron chi connectivity index (χ3n) is 4.79. The van der Waals surface area contributed by atoms with Gasteiger partial charge in [0.05, 0.1) is 23.4 Å². The van der Waals surface area contributed by atoms with E-state index in [1.165, 1.54) is 29.6 Å². The maximum atomic E-state index is 12.9. The molecule has 29 heavy (non-hydrogen) atoms. The molecule has 1 amide bonds. The average molecular weight is 437 g/mol. The van der Waals surface area contributed by atoms with Gasteiger partial charge in [-0.3, -0.25) is 4.79 Å². The van der Waals surface area contributed by atoms with Gasteiger partial charge in [-0.1, -0.05) is 23.7 Å². The van der Waals surface area contributed by atoms with E-state index in [1.807, 2.05) is 0 Å². The Morgan fingerprint density at radius 2 is 1.83 bits per heavy atom. The second kappa shape index (κ2) is 8.52. The molecular weight excluding hydrogens is 416 g/mol. The summed E-state index contributed by atoms with van der Waals surface area (Å²) in [5, 5.41) is 2.71.